The van der Waals surface area contributed by atoms with Gasteiger partial charge >= 0.3 is 5.97 Å². The van der Waals surface area contributed by atoms with Gasteiger partial charge in [0.05, 0.1) is 6.61 Å². The Balaban J connectivity index is 1.66. The number of amides is 1. The number of carbonyl (C=O) groups excluding carboxylic acids is 1. The second kappa shape index (κ2) is 7.06. The molecule has 1 fully saturated rings. The molecule has 6 heteroatoms. The van der Waals surface area contributed by atoms with Crippen molar-refractivity contribution in [1.82, 2.24) is 5.32 Å². The molecule has 0 radical (unpaired) electrons. The maximum atomic E-state index is 12.9. The number of aliphatic carboxylic acids is 1. The fraction of sp³-hybridized carbons (Fsp3) is 0.467. The van der Waals surface area contributed by atoms with Gasteiger partial charge in [0, 0.05) is 12.5 Å². The average molecular weight is 295 g/mol. The van der Waals surface area contributed by atoms with Gasteiger partial charge < -0.3 is 15.2 Å². The molecule has 1 amide bonds. The first-order valence-corrected chi connectivity index (χ1v) is 6.97. The van der Waals surface area contributed by atoms with Gasteiger partial charge in [-0.3, -0.25) is 4.79 Å². The summed E-state index contributed by atoms with van der Waals surface area (Å²) < 4.78 is 18.2. The summed E-state index contributed by atoms with van der Waals surface area (Å²) in [5, 5.41) is 11.5. The predicted molar refractivity (Wildman–Crippen MR) is 73.4 cm³/mol. The van der Waals surface area contributed by atoms with Crippen molar-refractivity contribution in [1.29, 1.82) is 0 Å². The highest BCUT2D eigenvalue weighted by atomic mass is 19.1. The van der Waals surface area contributed by atoms with E-state index in [9.17, 15) is 14.0 Å². The van der Waals surface area contributed by atoms with E-state index in [-0.39, 0.29) is 30.7 Å². The molecule has 1 aliphatic rings. The second-order valence-corrected chi connectivity index (χ2v) is 5.13. The van der Waals surface area contributed by atoms with Crippen LogP contribution in [0.4, 0.5) is 4.39 Å². The maximum absolute atomic E-state index is 12.9. The van der Waals surface area contributed by atoms with Crippen molar-refractivity contribution in [2.45, 2.75) is 31.7 Å². The van der Waals surface area contributed by atoms with E-state index in [4.69, 9.17) is 9.84 Å². The van der Waals surface area contributed by atoms with Gasteiger partial charge in [0.15, 0.2) is 0 Å². The molecule has 0 bridgehead atoms. The lowest BCUT2D eigenvalue weighted by atomic mass is 10.2. The van der Waals surface area contributed by atoms with E-state index in [0.29, 0.717) is 12.2 Å². The van der Waals surface area contributed by atoms with Crippen LogP contribution in [0.2, 0.25) is 0 Å². The molecule has 2 N–H and O–H groups in total. The Kier molecular flexibility index (Phi) is 5.14. The summed E-state index contributed by atoms with van der Waals surface area (Å²) in [4.78, 5) is 22.7. The third-order valence-corrected chi connectivity index (χ3v) is 3.29. The molecule has 1 aromatic carbocycles. The van der Waals surface area contributed by atoms with Crippen LogP contribution in [0.15, 0.2) is 24.3 Å². The van der Waals surface area contributed by atoms with Crippen LogP contribution in [0.3, 0.4) is 0 Å². The predicted octanol–water partition coefficient (Wildman–Crippen LogP) is 1.96. The highest BCUT2D eigenvalue weighted by Gasteiger charge is 2.37. The number of hydrogen-bond acceptors (Lipinski definition) is 3. The van der Waals surface area contributed by atoms with Gasteiger partial charge in [-0.05, 0) is 37.3 Å². The Labute approximate surface area is 122 Å². The molecule has 0 aliphatic heterocycles. The zero-order valence-corrected chi connectivity index (χ0v) is 11.5. The largest absolute Gasteiger partial charge is 0.493 e. The third kappa shape index (κ3) is 5.06. The van der Waals surface area contributed by atoms with Crippen molar-refractivity contribution in [2.24, 2.45) is 5.92 Å². The van der Waals surface area contributed by atoms with Crippen molar-refractivity contribution in [3.63, 3.8) is 0 Å². The van der Waals surface area contributed by atoms with Crippen LogP contribution in [0.25, 0.3) is 0 Å². The maximum Gasteiger partial charge on any atom is 0.326 e. The minimum atomic E-state index is -0.984. The van der Waals surface area contributed by atoms with E-state index in [1.807, 2.05) is 0 Å². The van der Waals surface area contributed by atoms with E-state index < -0.39 is 12.0 Å². The number of nitrogens with one attached hydrogen (secondary N) is 1. The van der Waals surface area contributed by atoms with Gasteiger partial charge in [-0.15, -0.1) is 0 Å². The molecule has 0 heterocycles. The molecule has 1 unspecified atom stereocenters. The average Bonchev–Trinajstić information content (AvgIpc) is 3.25. The lowest BCUT2D eigenvalue weighted by Crippen LogP contribution is -2.42. The summed E-state index contributed by atoms with van der Waals surface area (Å²) in [6.45, 7) is 0.276. The second-order valence-electron chi connectivity index (χ2n) is 5.13. The fourth-order valence-electron chi connectivity index (χ4n) is 2.04. The summed E-state index contributed by atoms with van der Waals surface area (Å²) >= 11 is 0. The number of rotatable bonds is 8. The summed E-state index contributed by atoms with van der Waals surface area (Å²) in [6.07, 6.45) is 2.32. The van der Waals surface area contributed by atoms with Crippen molar-refractivity contribution in [3.8, 4) is 5.75 Å². The monoisotopic (exact) mass is 295 g/mol. The van der Waals surface area contributed by atoms with Crippen molar-refractivity contribution in [3.05, 3.63) is 30.1 Å². The Morgan fingerprint density at radius 3 is 2.81 bits per heavy atom. The molecule has 1 atom stereocenters. The SMILES string of the molecule is O=C(CCCOc1cccc(F)c1)NC(C(=O)O)C1CC1. The van der Waals surface area contributed by atoms with Gasteiger partial charge in [0.25, 0.3) is 0 Å². The van der Waals surface area contributed by atoms with Gasteiger partial charge in [0.2, 0.25) is 5.91 Å². The molecular weight excluding hydrogens is 277 g/mol. The van der Waals surface area contributed by atoms with Crippen molar-refractivity contribution >= 4 is 11.9 Å². The first-order chi connectivity index (χ1) is 10.1. The fourth-order valence-corrected chi connectivity index (χ4v) is 2.04. The lowest BCUT2D eigenvalue weighted by molar-refractivity contribution is -0.142. The molecule has 1 aliphatic carbocycles. The smallest absolute Gasteiger partial charge is 0.326 e. The highest BCUT2D eigenvalue weighted by Crippen LogP contribution is 2.32. The Morgan fingerprint density at radius 2 is 2.19 bits per heavy atom. The Hall–Kier alpha value is -2.11. The number of carbonyl (C=O) groups is 2. The van der Waals surface area contributed by atoms with Crippen LogP contribution in [0, 0.1) is 11.7 Å². The number of hydrogen-bond donors (Lipinski definition) is 2. The molecule has 1 aromatic rings. The van der Waals surface area contributed by atoms with Crippen LogP contribution in [0.5, 0.6) is 5.75 Å². The number of ether oxygens (including phenoxy) is 1. The topological polar surface area (TPSA) is 75.6 Å². The first-order valence-electron chi connectivity index (χ1n) is 6.97. The van der Waals surface area contributed by atoms with Gasteiger partial charge in [-0.25, -0.2) is 9.18 Å². The van der Waals surface area contributed by atoms with E-state index in [2.05, 4.69) is 5.32 Å². The van der Waals surface area contributed by atoms with Crippen molar-refractivity contribution < 1.29 is 23.8 Å². The van der Waals surface area contributed by atoms with E-state index in [0.717, 1.165) is 12.8 Å². The zero-order valence-electron chi connectivity index (χ0n) is 11.5. The summed E-state index contributed by atoms with van der Waals surface area (Å²) in [5.74, 6) is -1.18. The normalized spacial score (nSPS) is 15.3. The molecule has 1 saturated carbocycles. The lowest BCUT2D eigenvalue weighted by Gasteiger charge is -2.13. The first kappa shape index (κ1) is 15.3. The van der Waals surface area contributed by atoms with Crippen molar-refractivity contribution in [2.75, 3.05) is 6.61 Å². The molecule has 114 valence electrons. The van der Waals surface area contributed by atoms with Gasteiger partial charge in [-0.2, -0.15) is 0 Å². The van der Waals surface area contributed by atoms with Crippen LogP contribution in [-0.4, -0.2) is 29.6 Å². The standard InChI is InChI=1S/C15H18FNO4/c16-11-3-1-4-12(9-11)21-8-2-5-13(18)17-14(15(19)20)10-6-7-10/h1,3-4,9-10,14H,2,5-8H2,(H,17,18)(H,19,20). The summed E-state index contributed by atoms with van der Waals surface area (Å²) in [5.41, 5.74) is 0. The number of carboxylic acids is 1. The van der Waals surface area contributed by atoms with Crippen LogP contribution in [-0.2, 0) is 9.59 Å². The molecule has 2 rings (SSSR count). The van der Waals surface area contributed by atoms with Crippen LogP contribution >= 0.6 is 0 Å². The van der Waals surface area contributed by atoms with Gasteiger partial charge in [-0.1, -0.05) is 6.07 Å². The van der Waals surface area contributed by atoms with E-state index >= 15 is 0 Å². The minimum absolute atomic E-state index is 0.0648. The number of benzene rings is 1. The Bertz CT molecular complexity index is 516. The van der Waals surface area contributed by atoms with Crippen LogP contribution in [0.1, 0.15) is 25.7 Å². The number of halogens is 1. The molecule has 0 spiro atoms. The third-order valence-electron chi connectivity index (χ3n) is 3.29. The summed E-state index contributed by atoms with van der Waals surface area (Å²) in [6, 6.07) is 5.00. The van der Waals surface area contributed by atoms with E-state index in [1.54, 1.807) is 12.1 Å². The Morgan fingerprint density at radius 1 is 1.43 bits per heavy atom. The minimum Gasteiger partial charge on any atom is -0.493 e. The van der Waals surface area contributed by atoms with Gasteiger partial charge in [0.1, 0.15) is 17.6 Å². The molecule has 21 heavy (non-hydrogen) atoms. The quantitative estimate of drug-likeness (QED) is 0.719. The molecule has 0 aromatic heterocycles. The highest BCUT2D eigenvalue weighted by molar-refractivity contribution is 5.83. The summed E-state index contributed by atoms with van der Waals surface area (Å²) in [7, 11) is 0. The number of carboxylic acid groups (broad SMARTS) is 1. The molecular formula is C15H18FNO4. The molecule has 0 saturated heterocycles. The molecule has 5 nitrogen and oxygen atoms in total. The van der Waals surface area contributed by atoms with E-state index in [1.165, 1.54) is 12.1 Å². The van der Waals surface area contributed by atoms with Crippen LogP contribution < -0.4 is 10.1 Å². The zero-order chi connectivity index (χ0) is 15.2.